The summed E-state index contributed by atoms with van der Waals surface area (Å²) in [5.74, 6) is 6.56. The zero-order valence-corrected chi connectivity index (χ0v) is 13.2. The van der Waals surface area contributed by atoms with Gasteiger partial charge in [-0.1, -0.05) is 33.1 Å². The Morgan fingerprint density at radius 3 is 2.74 bits per heavy atom. The highest BCUT2D eigenvalue weighted by Crippen LogP contribution is 2.33. The molecule has 0 spiro atoms. The van der Waals surface area contributed by atoms with Crippen molar-refractivity contribution in [2.45, 2.75) is 71.3 Å². The average Bonchev–Trinajstić information content (AvgIpc) is 2.65. The molecule has 108 valence electrons. The standard InChI is InChI=1S/C16H28N2S/c1-12(2)7-6-9-14(18-17)16-11-13-8-4-3-5-10-15(13)19-16/h11-12,14,18H,3-10,17H2,1-2H3. The van der Waals surface area contributed by atoms with Gasteiger partial charge < -0.3 is 0 Å². The summed E-state index contributed by atoms with van der Waals surface area (Å²) in [6.45, 7) is 4.58. The van der Waals surface area contributed by atoms with Gasteiger partial charge in [0, 0.05) is 9.75 Å². The third-order valence-electron chi connectivity index (χ3n) is 4.08. The van der Waals surface area contributed by atoms with Gasteiger partial charge in [-0.15, -0.1) is 11.3 Å². The van der Waals surface area contributed by atoms with Gasteiger partial charge in [0.25, 0.3) is 0 Å². The second-order valence-corrected chi connectivity index (χ2v) is 7.37. The van der Waals surface area contributed by atoms with Gasteiger partial charge in [-0.25, -0.2) is 0 Å². The van der Waals surface area contributed by atoms with E-state index in [9.17, 15) is 0 Å². The number of nitrogens with one attached hydrogen (secondary N) is 1. The molecule has 0 aliphatic heterocycles. The molecule has 0 saturated heterocycles. The Bertz CT molecular complexity index is 361. The first-order valence-corrected chi connectivity index (χ1v) is 8.60. The van der Waals surface area contributed by atoms with Crippen LogP contribution in [0.25, 0.3) is 0 Å². The number of aryl methyl sites for hydroxylation is 2. The van der Waals surface area contributed by atoms with Crippen LogP contribution in [0.4, 0.5) is 0 Å². The maximum absolute atomic E-state index is 5.77. The summed E-state index contributed by atoms with van der Waals surface area (Å²) in [6.07, 6.45) is 10.4. The SMILES string of the molecule is CC(C)CCCC(NN)c1cc2c(s1)CCCCC2. The molecular weight excluding hydrogens is 252 g/mol. The van der Waals surface area contributed by atoms with E-state index >= 15 is 0 Å². The minimum atomic E-state index is 0.357. The Morgan fingerprint density at radius 1 is 1.21 bits per heavy atom. The number of hydrazine groups is 1. The molecule has 0 aromatic carbocycles. The lowest BCUT2D eigenvalue weighted by molar-refractivity contribution is 0.459. The lowest BCUT2D eigenvalue weighted by atomic mass is 10.0. The predicted octanol–water partition coefficient (Wildman–Crippen LogP) is 4.35. The van der Waals surface area contributed by atoms with E-state index in [1.54, 1.807) is 10.4 Å². The molecule has 1 aromatic heterocycles. The number of fused-ring (bicyclic) bond motifs is 1. The van der Waals surface area contributed by atoms with Crippen molar-refractivity contribution in [2.75, 3.05) is 0 Å². The van der Waals surface area contributed by atoms with Crippen molar-refractivity contribution >= 4 is 11.3 Å². The summed E-state index contributed by atoms with van der Waals surface area (Å²) in [5.41, 5.74) is 4.63. The molecule has 1 heterocycles. The summed E-state index contributed by atoms with van der Waals surface area (Å²) in [7, 11) is 0. The minimum Gasteiger partial charge on any atom is -0.271 e. The third kappa shape index (κ3) is 4.30. The molecule has 1 aliphatic rings. The normalized spacial score (nSPS) is 17.3. The van der Waals surface area contributed by atoms with Gasteiger partial charge >= 0.3 is 0 Å². The van der Waals surface area contributed by atoms with Gasteiger partial charge in [0.2, 0.25) is 0 Å². The van der Waals surface area contributed by atoms with Gasteiger partial charge in [-0.2, -0.15) is 0 Å². The fraction of sp³-hybridized carbons (Fsp3) is 0.750. The third-order valence-corrected chi connectivity index (χ3v) is 5.44. The van der Waals surface area contributed by atoms with Crippen LogP contribution in [0.3, 0.4) is 0 Å². The molecule has 3 heteroatoms. The fourth-order valence-corrected chi connectivity index (χ4v) is 4.25. The van der Waals surface area contributed by atoms with Crippen LogP contribution in [0.2, 0.25) is 0 Å². The number of nitrogens with two attached hydrogens (primary N) is 1. The summed E-state index contributed by atoms with van der Waals surface area (Å²) in [4.78, 5) is 3.08. The quantitative estimate of drug-likeness (QED) is 0.462. The van der Waals surface area contributed by atoms with Crippen molar-refractivity contribution in [3.63, 3.8) is 0 Å². The predicted molar refractivity (Wildman–Crippen MR) is 84.3 cm³/mol. The minimum absolute atomic E-state index is 0.357. The van der Waals surface area contributed by atoms with Gasteiger partial charge in [0.1, 0.15) is 0 Å². The molecule has 1 aromatic rings. The molecule has 1 unspecified atom stereocenters. The van der Waals surface area contributed by atoms with Crippen LogP contribution in [-0.4, -0.2) is 0 Å². The van der Waals surface area contributed by atoms with Crippen LogP contribution in [0.1, 0.15) is 73.7 Å². The molecule has 19 heavy (non-hydrogen) atoms. The Kier molecular flexibility index (Phi) is 5.86. The second kappa shape index (κ2) is 7.41. The molecule has 0 radical (unpaired) electrons. The molecule has 1 atom stereocenters. The van der Waals surface area contributed by atoms with E-state index in [0.29, 0.717) is 6.04 Å². The van der Waals surface area contributed by atoms with Crippen molar-refractivity contribution in [1.82, 2.24) is 5.43 Å². The first-order chi connectivity index (χ1) is 9.20. The summed E-state index contributed by atoms with van der Waals surface area (Å²) >= 11 is 2.00. The number of hydrogen-bond donors (Lipinski definition) is 2. The van der Waals surface area contributed by atoms with Gasteiger partial charge in [-0.05, 0) is 49.7 Å². The zero-order valence-electron chi connectivity index (χ0n) is 12.4. The lowest BCUT2D eigenvalue weighted by Crippen LogP contribution is -2.27. The van der Waals surface area contributed by atoms with Crippen LogP contribution in [0, 0.1) is 5.92 Å². The van der Waals surface area contributed by atoms with Crippen LogP contribution < -0.4 is 11.3 Å². The average molecular weight is 280 g/mol. The van der Waals surface area contributed by atoms with Gasteiger partial charge in [-0.3, -0.25) is 11.3 Å². The van der Waals surface area contributed by atoms with Crippen molar-refractivity contribution < 1.29 is 0 Å². The monoisotopic (exact) mass is 280 g/mol. The lowest BCUT2D eigenvalue weighted by Gasteiger charge is -2.14. The van der Waals surface area contributed by atoms with Crippen LogP contribution in [0.5, 0.6) is 0 Å². The first kappa shape index (κ1) is 15.0. The molecule has 1 aliphatic carbocycles. The molecule has 0 saturated carbocycles. The smallest absolute Gasteiger partial charge is 0.0553 e. The maximum atomic E-state index is 5.77. The second-order valence-electron chi connectivity index (χ2n) is 6.20. The van der Waals surface area contributed by atoms with E-state index in [1.165, 1.54) is 49.8 Å². The van der Waals surface area contributed by atoms with E-state index in [2.05, 4.69) is 25.3 Å². The number of rotatable bonds is 6. The van der Waals surface area contributed by atoms with Crippen molar-refractivity contribution in [3.8, 4) is 0 Å². The van der Waals surface area contributed by atoms with Crippen molar-refractivity contribution in [2.24, 2.45) is 11.8 Å². The first-order valence-electron chi connectivity index (χ1n) is 7.78. The Morgan fingerprint density at radius 2 is 2.00 bits per heavy atom. The highest BCUT2D eigenvalue weighted by molar-refractivity contribution is 7.12. The summed E-state index contributed by atoms with van der Waals surface area (Å²) < 4.78 is 0. The van der Waals surface area contributed by atoms with Gasteiger partial charge in [0.15, 0.2) is 0 Å². The Hall–Kier alpha value is -0.380. The van der Waals surface area contributed by atoms with Crippen LogP contribution >= 0.6 is 11.3 Å². The highest BCUT2D eigenvalue weighted by Gasteiger charge is 2.17. The molecule has 0 fully saturated rings. The van der Waals surface area contributed by atoms with E-state index < -0.39 is 0 Å². The maximum Gasteiger partial charge on any atom is 0.0553 e. The topological polar surface area (TPSA) is 38.0 Å². The van der Waals surface area contributed by atoms with E-state index in [4.69, 9.17) is 5.84 Å². The fourth-order valence-electron chi connectivity index (χ4n) is 2.90. The molecule has 2 rings (SSSR count). The molecule has 2 nitrogen and oxygen atoms in total. The number of hydrogen-bond acceptors (Lipinski definition) is 3. The van der Waals surface area contributed by atoms with E-state index in [1.807, 2.05) is 11.3 Å². The molecular formula is C16H28N2S. The Labute approximate surface area is 121 Å². The molecule has 3 N–H and O–H groups in total. The van der Waals surface area contributed by atoms with E-state index in [0.717, 1.165) is 12.3 Å². The zero-order chi connectivity index (χ0) is 13.7. The van der Waals surface area contributed by atoms with Crippen LogP contribution in [0.15, 0.2) is 6.07 Å². The summed E-state index contributed by atoms with van der Waals surface area (Å²) in [5, 5.41) is 0. The van der Waals surface area contributed by atoms with Crippen molar-refractivity contribution in [3.05, 3.63) is 21.4 Å². The van der Waals surface area contributed by atoms with Gasteiger partial charge in [0.05, 0.1) is 6.04 Å². The van der Waals surface area contributed by atoms with E-state index in [-0.39, 0.29) is 0 Å². The highest BCUT2D eigenvalue weighted by atomic mass is 32.1. The summed E-state index contributed by atoms with van der Waals surface area (Å²) in [6, 6.07) is 2.78. The largest absolute Gasteiger partial charge is 0.271 e. The molecule has 0 amide bonds. The van der Waals surface area contributed by atoms with Crippen molar-refractivity contribution in [1.29, 1.82) is 0 Å². The Balaban J connectivity index is 1.98. The number of thiophene rings is 1. The molecule has 0 bridgehead atoms. The van der Waals surface area contributed by atoms with Crippen LogP contribution in [-0.2, 0) is 12.8 Å².